The van der Waals surface area contributed by atoms with Gasteiger partial charge in [0.25, 0.3) is 0 Å². The molecular formula is C27H22F2N6O. The summed E-state index contributed by atoms with van der Waals surface area (Å²) < 4.78 is 34.6. The molecule has 9 heteroatoms. The third kappa shape index (κ3) is 2.90. The van der Waals surface area contributed by atoms with E-state index in [0.29, 0.717) is 17.3 Å². The van der Waals surface area contributed by atoms with E-state index in [9.17, 15) is 14.0 Å². The summed E-state index contributed by atoms with van der Waals surface area (Å²) in [6.45, 7) is 6.09. The molecule has 3 heterocycles. The third-order valence-corrected chi connectivity index (χ3v) is 8.05. The number of nitrogens with zero attached hydrogens (tertiary/aromatic N) is 6. The lowest BCUT2D eigenvalue weighted by Crippen LogP contribution is -2.38. The summed E-state index contributed by atoms with van der Waals surface area (Å²) in [6, 6.07) is 7.69. The molecule has 1 aromatic carbocycles. The summed E-state index contributed by atoms with van der Waals surface area (Å²) >= 11 is 0. The average Bonchev–Trinajstić information content (AvgIpc) is 3.52. The molecular weight excluding hydrogens is 462 g/mol. The highest BCUT2D eigenvalue weighted by atomic mass is 19.1. The minimum atomic E-state index is -0.670. The molecule has 0 amide bonds. The highest BCUT2D eigenvalue weighted by molar-refractivity contribution is 5.64. The van der Waals surface area contributed by atoms with E-state index < -0.39 is 23.0 Å². The van der Waals surface area contributed by atoms with Crippen molar-refractivity contribution in [3.8, 4) is 28.9 Å². The maximum atomic E-state index is 14.5. The Bertz CT molecular complexity index is 1540. The van der Waals surface area contributed by atoms with E-state index in [1.54, 1.807) is 25.4 Å². The lowest BCUT2D eigenvalue weighted by Gasteiger charge is -2.37. The van der Waals surface area contributed by atoms with Crippen LogP contribution in [0.4, 0.5) is 8.78 Å². The van der Waals surface area contributed by atoms with Crippen molar-refractivity contribution in [2.45, 2.75) is 50.9 Å². The number of oxazole rings is 1. The second-order valence-corrected chi connectivity index (χ2v) is 10.1. The molecule has 6 rings (SSSR count). The molecule has 4 aromatic rings. The molecule has 1 fully saturated rings. The van der Waals surface area contributed by atoms with Crippen LogP contribution in [0.1, 0.15) is 68.1 Å². The van der Waals surface area contributed by atoms with Crippen molar-refractivity contribution in [2.75, 3.05) is 0 Å². The summed E-state index contributed by atoms with van der Waals surface area (Å²) in [6.07, 6.45) is 6.44. The van der Waals surface area contributed by atoms with E-state index in [1.165, 1.54) is 24.5 Å². The standard InChI is InChI=1S/C27H22F2N6O/c1-14(10-30)21-13-36-25(33-21)20-11-31-12-22(32-20)27-8-7-16(26(27,2)3)15-9-19(34-35-24(15)27)23-17(28)5-4-6-18(23)29/h4-6,9,11-14,16H,7-8H2,1-3H3/t14-,16+,27+/m1/s1. The van der Waals surface area contributed by atoms with E-state index in [-0.39, 0.29) is 22.6 Å². The van der Waals surface area contributed by atoms with Crippen molar-refractivity contribution in [3.05, 3.63) is 77.2 Å². The van der Waals surface area contributed by atoms with E-state index >= 15 is 0 Å². The van der Waals surface area contributed by atoms with Crippen molar-refractivity contribution in [1.82, 2.24) is 25.1 Å². The van der Waals surface area contributed by atoms with Gasteiger partial charge in [-0.3, -0.25) is 4.98 Å². The van der Waals surface area contributed by atoms with Crippen molar-refractivity contribution in [1.29, 1.82) is 5.26 Å². The van der Waals surface area contributed by atoms with Crippen molar-refractivity contribution < 1.29 is 13.2 Å². The first-order valence-corrected chi connectivity index (χ1v) is 11.8. The molecule has 2 aliphatic rings. The zero-order valence-corrected chi connectivity index (χ0v) is 20.0. The Kier molecular flexibility index (Phi) is 4.80. The summed E-state index contributed by atoms with van der Waals surface area (Å²) in [5, 5.41) is 18.0. The van der Waals surface area contributed by atoms with Gasteiger partial charge < -0.3 is 4.42 Å². The van der Waals surface area contributed by atoms with Gasteiger partial charge in [0.15, 0.2) is 0 Å². The van der Waals surface area contributed by atoms with Gasteiger partial charge in [-0.2, -0.15) is 10.4 Å². The van der Waals surface area contributed by atoms with Gasteiger partial charge in [-0.15, -0.1) is 5.10 Å². The number of hydrogen-bond donors (Lipinski definition) is 0. The number of fused-ring (bicyclic) bond motifs is 5. The maximum absolute atomic E-state index is 14.5. The molecule has 36 heavy (non-hydrogen) atoms. The van der Waals surface area contributed by atoms with E-state index in [0.717, 1.165) is 29.8 Å². The molecule has 3 aromatic heterocycles. The molecule has 0 N–H and O–H groups in total. The Morgan fingerprint density at radius 2 is 1.89 bits per heavy atom. The SMILES string of the molecule is C[C@H](C#N)c1coc(-c2cncc([C@@]34CC[C@@H](c5cc(-c6c(F)cccc6F)nnc53)C4(C)C)n2)n1. The van der Waals surface area contributed by atoms with Crippen LogP contribution in [0.2, 0.25) is 0 Å². The minimum Gasteiger partial charge on any atom is -0.443 e. The second-order valence-electron chi connectivity index (χ2n) is 10.1. The molecule has 0 aliphatic heterocycles. The van der Waals surface area contributed by atoms with Crippen LogP contribution in [-0.2, 0) is 5.41 Å². The number of aromatic nitrogens is 5. The first kappa shape index (κ1) is 22.4. The van der Waals surface area contributed by atoms with Gasteiger partial charge in [0.1, 0.15) is 23.6 Å². The molecule has 0 unspecified atom stereocenters. The average molecular weight is 485 g/mol. The summed E-state index contributed by atoms with van der Waals surface area (Å²) in [5.74, 6) is -1.34. The van der Waals surface area contributed by atoms with Gasteiger partial charge in [-0.1, -0.05) is 19.9 Å². The van der Waals surface area contributed by atoms with Crippen LogP contribution in [-0.4, -0.2) is 25.1 Å². The van der Waals surface area contributed by atoms with E-state index in [1.807, 2.05) is 0 Å². The number of hydrogen-bond acceptors (Lipinski definition) is 7. The van der Waals surface area contributed by atoms with Gasteiger partial charge in [-0.05, 0) is 54.9 Å². The van der Waals surface area contributed by atoms with E-state index in [2.05, 4.69) is 40.1 Å². The summed E-state index contributed by atoms with van der Waals surface area (Å²) in [7, 11) is 0. The van der Waals surface area contributed by atoms with Gasteiger partial charge >= 0.3 is 0 Å². The number of benzene rings is 1. The highest BCUT2D eigenvalue weighted by Crippen LogP contribution is 2.69. The monoisotopic (exact) mass is 484 g/mol. The predicted molar refractivity (Wildman–Crippen MR) is 125 cm³/mol. The fraction of sp³-hybridized carbons (Fsp3) is 0.333. The molecule has 1 saturated carbocycles. The number of rotatable bonds is 4. The maximum Gasteiger partial charge on any atom is 0.246 e. The van der Waals surface area contributed by atoms with E-state index in [4.69, 9.17) is 9.40 Å². The van der Waals surface area contributed by atoms with Crippen molar-refractivity contribution in [3.63, 3.8) is 0 Å². The molecule has 0 radical (unpaired) electrons. The fourth-order valence-corrected chi connectivity index (χ4v) is 6.10. The quantitative estimate of drug-likeness (QED) is 0.366. The lowest BCUT2D eigenvalue weighted by atomic mass is 9.66. The van der Waals surface area contributed by atoms with Crippen LogP contribution >= 0.6 is 0 Å². The van der Waals surface area contributed by atoms with Gasteiger partial charge in [-0.25, -0.2) is 18.7 Å². The zero-order valence-electron chi connectivity index (χ0n) is 20.0. The molecule has 7 nitrogen and oxygen atoms in total. The van der Waals surface area contributed by atoms with Gasteiger partial charge in [0, 0.05) is 6.20 Å². The molecule has 3 atom stereocenters. The van der Waals surface area contributed by atoms with Crippen LogP contribution in [0.3, 0.4) is 0 Å². The number of nitriles is 1. The predicted octanol–water partition coefficient (Wildman–Crippen LogP) is 5.70. The molecule has 2 aliphatic carbocycles. The Balaban J connectivity index is 1.48. The Labute approximate surface area is 206 Å². The topological polar surface area (TPSA) is 101 Å². The molecule has 0 spiro atoms. The van der Waals surface area contributed by atoms with Crippen LogP contribution in [0.25, 0.3) is 22.8 Å². The fourth-order valence-electron chi connectivity index (χ4n) is 6.10. The molecule has 0 saturated heterocycles. The minimum absolute atomic E-state index is 0.117. The Morgan fingerprint density at radius 1 is 1.11 bits per heavy atom. The summed E-state index contributed by atoms with van der Waals surface area (Å²) in [5.41, 5.74) is 2.56. The Morgan fingerprint density at radius 3 is 2.64 bits per heavy atom. The van der Waals surface area contributed by atoms with Crippen LogP contribution < -0.4 is 0 Å². The van der Waals surface area contributed by atoms with Crippen molar-refractivity contribution >= 4 is 0 Å². The number of halogens is 2. The van der Waals surface area contributed by atoms with Gasteiger partial charge in [0.05, 0.1) is 51.9 Å². The largest absolute Gasteiger partial charge is 0.443 e. The third-order valence-electron chi connectivity index (χ3n) is 8.05. The van der Waals surface area contributed by atoms with Crippen LogP contribution in [0.5, 0.6) is 0 Å². The first-order chi connectivity index (χ1) is 17.3. The smallest absolute Gasteiger partial charge is 0.246 e. The molecule has 180 valence electrons. The molecule has 2 bridgehead atoms. The second kappa shape index (κ2) is 7.72. The summed E-state index contributed by atoms with van der Waals surface area (Å²) in [4.78, 5) is 13.8. The zero-order chi connectivity index (χ0) is 25.2. The van der Waals surface area contributed by atoms with Crippen LogP contribution in [0.15, 0.2) is 47.3 Å². The highest BCUT2D eigenvalue weighted by Gasteiger charge is 2.65. The van der Waals surface area contributed by atoms with Crippen molar-refractivity contribution in [2.24, 2.45) is 5.41 Å². The Hall–Kier alpha value is -4.06. The van der Waals surface area contributed by atoms with Crippen LogP contribution in [0, 0.1) is 28.4 Å². The van der Waals surface area contributed by atoms with Gasteiger partial charge in [0.2, 0.25) is 5.89 Å². The lowest BCUT2D eigenvalue weighted by molar-refractivity contribution is 0.242. The normalized spacial score (nSPS) is 22.3. The first-order valence-electron chi connectivity index (χ1n) is 11.8.